The number of anilines is 1. The van der Waals surface area contributed by atoms with E-state index in [1.165, 1.54) is 11.3 Å². The summed E-state index contributed by atoms with van der Waals surface area (Å²) in [6.07, 6.45) is 4.26. The zero-order chi connectivity index (χ0) is 12.8. The lowest BCUT2D eigenvalue weighted by Crippen LogP contribution is -2.16. The van der Waals surface area contributed by atoms with Crippen molar-refractivity contribution in [1.82, 2.24) is 0 Å². The Morgan fingerprint density at radius 2 is 1.67 bits per heavy atom. The molecule has 0 aromatic heterocycles. The molecule has 2 aromatic rings. The minimum Gasteiger partial charge on any atom is -0.371 e. The van der Waals surface area contributed by atoms with Crippen LogP contribution >= 0.6 is 11.6 Å². The number of para-hydroxylation sites is 1. The maximum absolute atomic E-state index is 5.84. The van der Waals surface area contributed by atoms with Crippen molar-refractivity contribution in [2.24, 2.45) is 0 Å². The van der Waals surface area contributed by atoms with E-state index in [9.17, 15) is 0 Å². The molecular weight excluding hydrogens is 242 g/mol. The topological polar surface area (TPSA) is 3.24 Å². The lowest BCUT2D eigenvalue weighted by molar-refractivity contribution is 1.03. The number of likely N-dealkylation sites (N-methyl/N-ethyl adjacent to an activating group) is 1. The smallest absolute Gasteiger partial charge is 0.0406 e. The first kappa shape index (κ1) is 12.7. The van der Waals surface area contributed by atoms with Gasteiger partial charge in [0, 0.05) is 24.3 Å². The monoisotopic (exact) mass is 257 g/mol. The standard InChI is InChI=1S/C16H16ClN/c1-18(16-7-3-2-4-8-16)13-5-6-14-9-11-15(17)12-10-14/h2-12H,13H2,1H3/b6-5+. The van der Waals surface area contributed by atoms with Gasteiger partial charge in [0.2, 0.25) is 0 Å². The highest BCUT2D eigenvalue weighted by Gasteiger charge is 1.95. The zero-order valence-corrected chi connectivity index (χ0v) is 11.1. The fourth-order valence-electron chi connectivity index (χ4n) is 1.71. The van der Waals surface area contributed by atoms with Crippen LogP contribution in [0.15, 0.2) is 60.7 Å². The van der Waals surface area contributed by atoms with Gasteiger partial charge in [-0.25, -0.2) is 0 Å². The van der Waals surface area contributed by atoms with Crippen molar-refractivity contribution in [2.75, 3.05) is 18.5 Å². The number of halogens is 1. The van der Waals surface area contributed by atoms with Gasteiger partial charge in [0.1, 0.15) is 0 Å². The van der Waals surface area contributed by atoms with E-state index in [2.05, 4.69) is 48.4 Å². The summed E-state index contributed by atoms with van der Waals surface area (Å²) in [7, 11) is 2.08. The van der Waals surface area contributed by atoms with Gasteiger partial charge in [0.05, 0.1) is 0 Å². The van der Waals surface area contributed by atoms with Crippen LogP contribution in [0.1, 0.15) is 5.56 Å². The van der Waals surface area contributed by atoms with Crippen LogP contribution in [0.5, 0.6) is 0 Å². The Balaban J connectivity index is 1.93. The Morgan fingerprint density at radius 1 is 1.00 bits per heavy atom. The predicted molar refractivity (Wildman–Crippen MR) is 80.2 cm³/mol. The van der Waals surface area contributed by atoms with E-state index in [1.54, 1.807) is 0 Å². The summed E-state index contributed by atoms with van der Waals surface area (Å²) in [6, 6.07) is 18.2. The molecule has 0 heterocycles. The first-order valence-electron chi connectivity index (χ1n) is 5.94. The molecule has 0 radical (unpaired) electrons. The number of hydrogen-bond donors (Lipinski definition) is 0. The highest BCUT2D eigenvalue weighted by atomic mass is 35.5. The molecule has 1 nitrogen and oxygen atoms in total. The van der Waals surface area contributed by atoms with Crippen LogP contribution in [0.25, 0.3) is 6.08 Å². The van der Waals surface area contributed by atoms with E-state index >= 15 is 0 Å². The Bertz CT molecular complexity index is 502. The molecule has 92 valence electrons. The first-order valence-corrected chi connectivity index (χ1v) is 6.32. The van der Waals surface area contributed by atoms with Gasteiger partial charge in [-0.15, -0.1) is 0 Å². The Morgan fingerprint density at radius 3 is 2.33 bits per heavy atom. The minimum absolute atomic E-state index is 0.772. The van der Waals surface area contributed by atoms with Crippen molar-refractivity contribution in [1.29, 1.82) is 0 Å². The van der Waals surface area contributed by atoms with Crippen molar-refractivity contribution >= 4 is 23.4 Å². The van der Waals surface area contributed by atoms with Crippen molar-refractivity contribution in [3.8, 4) is 0 Å². The molecular formula is C16H16ClN. The molecule has 0 aliphatic heterocycles. The fraction of sp³-hybridized carbons (Fsp3) is 0.125. The number of nitrogens with zero attached hydrogens (tertiary/aromatic N) is 1. The zero-order valence-electron chi connectivity index (χ0n) is 10.4. The summed E-state index contributed by atoms with van der Waals surface area (Å²) in [4.78, 5) is 2.20. The number of rotatable bonds is 4. The number of hydrogen-bond acceptors (Lipinski definition) is 1. The van der Waals surface area contributed by atoms with Crippen molar-refractivity contribution in [2.45, 2.75) is 0 Å². The van der Waals surface area contributed by atoms with Gasteiger partial charge in [0.15, 0.2) is 0 Å². The Labute approximate surface area is 113 Å². The molecule has 0 atom stereocenters. The maximum Gasteiger partial charge on any atom is 0.0406 e. The second kappa shape index (κ2) is 6.27. The third kappa shape index (κ3) is 3.64. The molecule has 2 heteroatoms. The molecule has 0 saturated carbocycles. The van der Waals surface area contributed by atoms with Gasteiger partial charge >= 0.3 is 0 Å². The molecule has 0 spiro atoms. The molecule has 2 aromatic carbocycles. The van der Waals surface area contributed by atoms with E-state index < -0.39 is 0 Å². The Hall–Kier alpha value is -1.73. The van der Waals surface area contributed by atoms with E-state index in [0.29, 0.717) is 0 Å². The third-order valence-corrected chi connectivity index (χ3v) is 3.01. The summed E-state index contributed by atoms with van der Waals surface area (Å²) in [6.45, 7) is 0.882. The SMILES string of the molecule is CN(C/C=C/c1ccc(Cl)cc1)c1ccccc1. The second-order valence-corrected chi connectivity index (χ2v) is 4.61. The Kier molecular flexibility index (Phi) is 4.43. The van der Waals surface area contributed by atoms with Crippen molar-refractivity contribution in [3.05, 3.63) is 71.3 Å². The molecule has 0 aliphatic carbocycles. The van der Waals surface area contributed by atoms with Gasteiger partial charge < -0.3 is 4.90 Å². The van der Waals surface area contributed by atoms with Gasteiger partial charge in [-0.3, -0.25) is 0 Å². The van der Waals surface area contributed by atoms with Crippen molar-refractivity contribution in [3.63, 3.8) is 0 Å². The van der Waals surface area contributed by atoms with E-state index in [0.717, 1.165) is 11.6 Å². The van der Waals surface area contributed by atoms with E-state index in [4.69, 9.17) is 11.6 Å². The largest absolute Gasteiger partial charge is 0.371 e. The average Bonchev–Trinajstić information content (AvgIpc) is 2.42. The summed E-state index contributed by atoms with van der Waals surface area (Å²) >= 11 is 5.84. The highest BCUT2D eigenvalue weighted by Crippen LogP contribution is 2.12. The molecule has 18 heavy (non-hydrogen) atoms. The summed E-state index contributed by atoms with van der Waals surface area (Å²) in [5.74, 6) is 0. The van der Waals surface area contributed by atoms with Gasteiger partial charge in [0.25, 0.3) is 0 Å². The van der Waals surface area contributed by atoms with Crippen LogP contribution < -0.4 is 4.90 Å². The van der Waals surface area contributed by atoms with Gasteiger partial charge in [-0.05, 0) is 29.8 Å². The molecule has 0 N–H and O–H groups in total. The molecule has 0 amide bonds. The van der Waals surface area contributed by atoms with Crippen LogP contribution in [0.2, 0.25) is 5.02 Å². The molecule has 2 rings (SSSR count). The van der Waals surface area contributed by atoms with Gasteiger partial charge in [-0.2, -0.15) is 0 Å². The van der Waals surface area contributed by atoms with E-state index in [-0.39, 0.29) is 0 Å². The van der Waals surface area contributed by atoms with Gasteiger partial charge in [-0.1, -0.05) is 54.1 Å². The van der Waals surface area contributed by atoms with Crippen LogP contribution in [0.4, 0.5) is 5.69 Å². The normalized spacial score (nSPS) is 10.8. The maximum atomic E-state index is 5.84. The minimum atomic E-state index is 0.772. The van der Waals surface area contributed by atoms with Crippen LogP contribution in [0.3, 0.4) is 0 Å². The molecule has 0 unspecified atom stereocenters. The molecule has 0 aliphatic rings. The highest BCUT2D eigenvalue weighted by molar-refractivity contribution is 6.30. The van der Waals surface area contributed by atoms with Crippen LogP contribution in [-0.4, -0.2) is 13.6 Å². The lowest BCUT2D eigenvalue weighted by Gasteiger charge is -2.16. The third-order valence-electron chi connectivity index (χ3n) is 2.76. The first-order chi connectivity index (χ1) is 8.75. The van der Waals surface area contributed by atoms with Crippen LogP contribution in [-0.2, 0) is 0 Å². The summed E-state index contributed by atoms with van der Waals surface area (Å²) in [5, 5.41) is 0.772. The average molecular weight is 258 g/mol. The summed E-state index contributed by atoms with van der Waals surface area (Å²) in [5.41, 5.74) is 2.39. The van der Waals surface area contributed by atoms with Crippen molar-refractivity contribution < 1.29 is 0 Å². The fourth-order valence-corrected chi connectivity index (χ4v) is 1.83. The molecule has 0 fully saturated rings. The number of benzene rings is 2. The molecule has 0 bridgehead atoms. The molecule has 0 saturated heterocycles. The second-order valence-electron chi connectivity index (χ2n) is 4.17. The van der Waals surface area contributed by atoms with Crippen LogP contribution in [0, 0.1) is 0 Å². The lowest BCUT2D eigenvalue weighted by atomic mass is 10.2. The van der Waals surface area contributed by atoms with E-state index in [1.807, 2.05) is 30.3 Å². The predicted octanol–water partition coefficient (Wildman–Crippen LogP) is 4.49. The quantitative estimate of drug-likeness (QED) is 0.780. The summed E-state index contributed by atoms with van der Waals surface area (Å²) < 4.78 is 0.